The van der Waals surface area contributed by atoms with Gasteiger partial charge in [0.1, 0.15) is 48.5 Å². The van der Waals surface area contributed by atoms with Crippen LogP contribution in [0.5, 0.6) is 0 Å². The summed E-state index contributed by atoms with van der Waals surface area (Å²) in [7, 11) is 0. The molecule has 5 amide bonds. The van der Waals surface area contributed by atoms with Crippen molar-refractivity contribution in [2.24, 2.45) is 11.7 Å². The van der Waals surface area contributed by atoms with Crippen LogP contribution in [0.15, 0.2) is 0 Å². The van der Waals surface area contributed by atoms with Crippen molar-refractivity contribution in [3.8, 4) is 0 Å². The highest BCUT2D eigenvalue weighted by molar-refractivity contribution is 5.93. The molecule has 0 spiro atoms. The highest BCUT2D eigenvalue weighted by Crippen LogP contribution is 2.28. The molecule has 0 aromatic heterocycles. The average molecular weight is 765 g/mol. The van der Waals surface area contributed by atoms with E-state index in [9.17, 15) is 54.0 Å². The average Bonchev–Trinajstić information content (AvgIpc) is 3.09. The molecule has 0 radical (unpaired) electrons. The molecule has 0 aliphatic carbocycles. The Morgan fingerprint density at radius 3 is 1.79 bits per heavy atom. The number of aliphatic hydroxyl groups excluding tert-OH is 3. The SMILES string of the molecule is C[C@H](NC(=O)[C@@H](C)O[C@H]1C(O)C(CO)OC(O)[C@H]1C)C(=O)N[C@H](CCC(=O)N[C@@H](CCCCN)C(=O)N[C@H](C)C(=O)N[C@H](C)C(=O)O)C(=O)O.O=C=O. The van der Waals surface area contributed by atoms with E-state index < -0.39 is 128 Å². The molecule has 1 aliphatic heterocycles. The smallest absolute Gasteiger partial charge is 0.373 e. The number of carbonyl (C=O) groups is 7. The van der Waals surface area contributed by atoms with Crippen LogP contribution < -0.4 is 32.3 Å². The lowest BCUT2D eigenvalue weighted by molar-refractivity contribution is -0.278. The monoisotopic (exact) mass is 764 g/mol. The largest absolute Gasteiger partial charge is 0.480 e. The van der Waals surface area contributed by atoms with E-state index in [-0.39, 0.29) is 12.6 Å². The maximum Gasteiger partial charge on any atom is 0.373 e. The number of unbranched alkanes of at least 4 members (excludes halogenated alkanes) is 1. The zero-order valence-corrected chi connectivity index (χ0v) is 30.1. The molecule has 11 atom stereocenters. The van der Waals surface area contributed by atoms with Crippen LogP contribution >= 0.6 is 0 Å². The molecule has 0 aromatic rings. The first-order chi connectivity index (χ1) is 24.7. The van der Waals surface area contributed by atoms with Gasteiger partial charge in [-0.1, -0.05) is 6.92 Å². The van der Waals surface area contributed by atoms with Crippen LogP contribution in [0.3, 0.4) is 0 Å². The minimum absolute atomic E-state index is 0.127. The lowest BCUT2D eigenvalue weighted by atomic mass is 9.92. The van der Waals surface area contributed by atoms with Crippen LogP contribution in [0, 0.1) is 5.92 Å². The lowest BCUT2D eigenvalue weighted by Gasteiger charge is -2.41. The molecule has 22 nitrogen and oxygen atoms in total. The van der Waals surface area contributed by atoms with Gasteiger partial charge in [0.2, 0.25) is 29.5 Å². The number of hydrogen-bond donors (Lipinski definition) is 11. The van der Waals surface area contributed by atoms with E-state index in [1.54, 1.807) is 0 Å². The molecule has 0 saturated carbocycles. The second-order valence-electron chi connectivity index (χ2n) is 12.3. The molecule has 1 aliphatic rings. The number of aliphatic carboxylic acids is 2. The van der Waals surface area contributed by atoms with E-state index in [0.717, 1.165) is 0 Å². The van der Waals surface area contributed by atoms with Crippen molar-refractivity contribution < 1.29 is 78.2 Å². The predicted octanol–water partition coefficient (Wildman–Crippen LogP) is -4.55. The predicted molar refractivity (Wildman–Crippen MR) is 177 cm³/mol. The quantitative estimate of drug-likeness (QED) is 0.0490. The van der Waals surface area contributed by atoms with Crippen LogP contribution in [-0.2, 0) is 52.6 Å². The van der Waals surface area contributed by atoms with Gasteiger partial charge in [0.05, 0.1) is 12.7 Å². The molecule has 302 valence electrons. The van der Waals surface area contributed by atoms with E-state index in [2.05, 4.69) is 26.6 Å². The van der Waals surface area contributed by atoms with Gasteiger partial charge < -0.3 is 67.3 Å². The number of ether oxygens (including phenoxy) is 2. The third-order valence-electron chi connectivity index (χ3n) is 8.02. The molecule has 0 aromatic carbocycles. The molecule has 1 saturated heterocycles. The minimum Gasteiger partial charge on any atom is -0.480 e. The Morgan fingerprint density at radius 1 is 0.755 bits per heavy atom. The fourth-order valence-electron chi connectivity index (χ4n) is 4.75. The van der Waals surface area contributed by atoms with Crippen molar-refractivity contribution >= 4 is 47.6 Å². The number of carboxylic acids is 2. The normalized spacial score (nSPS) is 22.7. The first kappa shape index (κ1) is 48.4. The maximum absolute atomic E-state index is 12.9. The minimum atomic E-state index is -1.57. The van der Waals surface area contributed by atoms with E-state index >= 15 is 0 Å². The summed E-state index contributed by atoms with van der Waals surface area (Å²) >= 11 is 0. The van der Waals surface area contributed by atoms with Crippen LogP contribution in [0.1, 0.15) is 66.7 Å². The van der Waals surface area contributed by atoms with Crippen LogP contribution in [0.4, 0.5) is 0 Å². The summed E-state index contributed by atoms with van der Waals surface area (Å²) in [6.07, 6.45) is -5.79. The fraction of sp³-hybridized carbons (Fsp3) is 0.742. The summed E-state index contributed by atoms with van der Waals surface area (Å²) < 4.78 is 10.7. The van der Waals surface area contributed by atoms with Crippen molar-refractivity contribution in [1.82, 2.24) is 26.6 Å². The number of carboxylic acid groups (broad SMARTS) is 2. The zero-order valence-electron chi connectivity index (χ0n) is 30.1. The number of aliphatic hydroxyl groups is 3. The first-order valence-corrected chi connectivity index (χ1v) is 16.7. The van der Waals surface area contributed by atoms with Crippen molar-refractivity contribution in [3.63, 3.8) is 0 Å². The summed E-state index contributed by atoms with van der Waals surface area (Å²) in [5.74, 6) is -7.49. The Balaban J connectivity index is 0.00000869. The zero-order chi connectivity index (χ0) is 41.0. The lowest BCUT2D eigenvalue weighted by Crippen LogP contribution is -2.58. The number of carbonyl (C=O) groups excluding carboxylic acids is 7. The Bertz CT molecular complexity index is 1280. The second kappa shape index (κ2) is 24.6. The van der Waals surface area contributed by atoms with Crippen molar-refractivity contribution in [2.45, 2.75) is 128 Å². The van der Waals surface area contributed by atoms with Crippen molar-refractivity contribution in [3.05, 3.63) is 0 Å². The molecule has 0 bridgehead atoms. The number of nitrogens with two attached hydrogens (primary N) is 1. The standard InChI is InChI=1S/C30H52N6O14.CO2/c1-13-23(22(39)20(12-37)50-30(13)48)49-17(5)26(42)32-15(3)25(41)36-19(29(46)47)9-10-21(38)35-18(8-6-7-11-31)27(43)33-14(2)24(40)34-16(4)28(44)45;2-1-3/h13-20,22-23,30,37,39,48H,6-12,31H2,1-5H3,(H,32,42)(H,33,43)(H,34,40)(H,35,38)(H,36,41)(H,44,45)(H,46,47);/t13-,14+,15-,16+,17+,18-,19+,20?,22?,23+,30?;/m0./s1. The van der Waals surface area contributed by atoms with Gasteiger partial charge in [0.25, 0.3) is 0 Å². The van der Waals surface area contributed by atoms with Gasteiger partial charge in [0, 0.05) is 12.3 Å². The Hall–Kier alpha value is -4.57. The van der Waals surface area contributed by atoms with Gasteiger partial charge in [-0.3, -0.25) is 28.8 Å². The molecule has 1 rings (SSSR count). The van der Waals surface area contributed by atoms with Gasteiger partial charge in [-0.15, -0.1) is 0 Å². The molecule has 53 heavy (non-hydrogen) atoms. The number of hydrogen-bond acceptors (Lipinski definition) is 15. The summed E-state index contributed by atoms with van der Waals surface area (Å²) in [6.45, 7) is 6.37. The van der Waals surface area contributed by atoms with Crippen LogP contribution in [0.25, 0.3) is 0 Å². The molecule has 12 N–H and O–H groups in total. The Labute approximate surface area is 304 Å². The van der Waals surface area contributed by atoms with Gasteiger partial charge in [0.15, 0.2) is 6.29 Å². The molecular weight excluding hydrogens is 712 g/mol. The van der Waals surface area contributed by atoms with Gasteiger partial charge in [-0.2, -0.15) is 9.59 Å². The highest BCUT2D eigenvalue weighted by Gasteiger charge is 2.44. The Kier molecular flexibility index (Phi) is 22.5. The highest BCUT2D eigenvalue weighted by atomic mass is 16.6. The molecular formula is C31H52N6O16. The van der Waals surface area contributed by atoms with E-state index in [0.29, 0.717) is 19.4 Å². The molecule has 22 heteroatoms. The maximum atomic E-state index is 12.9. The summed E-state index contributed by atoms with van der Waals surface area (Å²) in [5.41, 5.74) is 5.52. The first-order valence-electron chi connectivity index (χ1n) is 16.7. The van der Waals surface area contributed by atoms with Crippen molar-refractivity contribution in [1.29, 1.82) is 0 Å². The van der Waals surface area contributed by atoms with E-state index in [1.165, 1.54) is 34.6 Å². The van der Waals surface area contributed by atoms with E-state index in [4.69, 9.17) is 29.9 Å². The van der Waals surface area contributed by atoms with Crippen LogP contribution in [-0.4, -0.2) is 147 Å². The fourth-order valence-corrected chi connectivity index (χ4v) is 4.75. The molecule has 3 unspecified atom stereocenters. The Morgan fingerprint density at radius 2 is 1.28 bits per heavy atom. The summed E-state index contributed by atoms with van der Waals surface area (Å²) in [4.78, 5) is 103. The molecule has 1 fully saturated rings. The number of amides is 5. The van der Waals surface area contributed by atoms with Gasteiger partial charge >= 0.3 is 18.1 Å². The third-order valence-corrected chi connectivity index (χ3v) is 8.02. The topological polar surface area (TPSA) is 359 Å². The van der Waals surface area contributed by atoms with E-state index in [1.807, 2.05) is 0 Å². The van der Waals surface area contributed by atoms with Crippen molar-refractivity contribution in [2.75, 3.05) is 13.2 Å². The third kappa shape index (κ3) is 17.2. The van der Waals surface area contributed by atoms with Gasteiger partial charge in [-0.25, -0.2) is 4.79 Å². The molecule has 1 heterocycles. The summed E-state index contributed by atoms with van der Waals surface area (Å²) in [5, 5.41) is 60.2. The summed E-state index contributed by atoms with van der Waals surface area (Å²) in [6, 6.07) is -6.34. The second-order valence-corrected chi connectivity index (χ2v) is 12.3. The van der Waals surface area contributed by atoms with Crippen LogP contribution in [0.2, 0.25) is 0 Å². The van der Waals surface area contributed by atoms with Gasteiger partial charge in [-0.05, 0) is 59.9 Å². The number of nitrogens with one attached hydrogen (secondary N) is 5. The number of rotatable bonds is 21.